The largest absolute Gasteiger partial charge is 0.381 e. The predicted octanol–water partition coefficient (Wildman–Crippen LogP) is 4.73. The molecule has 0 bridgehead atoms. The van der Waals surface area contributed by atoms with Crippen LogP contribution >= 0.6 is 0 Å². The number of fused-ring (bicyclic) bond motifs is 1. The molecule has 6 rings (SSSR count). The molecule has 8 nitrogen and oxygen atoms in total. The second-order valence-electron chi connectivity index (χ2n) is 10.3. The van der Waals surface area contributed by atoms with Gasteiger partial charge in [-0.05, 0) is 56.7 Å². The summed E-state index contributed by atoms with van der Waals surface area (Å²) in [7, 11) is 0. The molecule has 9 heteroatoms. The van der Waals surface area contributed by atoms with Gasteiger partial charge >= 0.3 is 0 Å². The van der Waals surface area contributed by atoms with Gasteiger partial charge in [-0.3, -0.25) is 14.3 Å². The number of nitrogens with zero attached hydrogens (tertiary/aromatic N) is 3. The van der Waals surface area contributed by atoms with Crippen molar-refractivity contribution in [3.8, 4) is 11.1 Å². The molecule has 1 aliphatic carbocycles. The van der Waals surface area contributed by atoms with Gasteiger partial charge < -0.3 is 10.1 Å². The number of ether oxygens (including phenoxy) is 1. The number of benzene rings is 2. The maximum absolute atomic E-state index is 15.1. The Morgan fingerprint density at radius 1 is 1.03 bits per heavy atom. The lowest BCUT2D eigenvalue weighted by molar-refractivity contribution is 0.0662. The van der Waals surface area contributed by atoms with Crippen LogP contribution in [0.2, 0.25) is 0 Å². The van der Waals surface area contributed by atoms with Crippen molar-refractivity contribution >= 4 is 16.7 Å². The minimum Gasteiger partial charge on any atom is -0.381 e. The molecule has 0 unspecified atom stereocenters. The zero-order valence-electron chi connectivity index (χ0n) is 21.0. The SMILES string of the molecule is O=C(N[C@H]1CC[C@H](c2n[nH]c(=O)c3ccccc32)CC1)c1ccc(-c2cnn(C3CCOCC3)c2)c(F)c1. The molecule has 2 fully saturated rings. The van der Waals surface area contributed by atoms with E-state index in [1.807, 2.05) is 35.1 Å². The van der Waals surface area contributed by atoms with Crippen LogP contribution in [0.1, 0.15) is 66.5 Å². The van der Waals surface area contributed by atoms with Gasteiger partial charge in [0.15, 0.2) is 0 Å². The van der Waals surface area contributed by atoms with Gasteiger partial charge in [-0.25, -0.2) is 9.49 Å². The van der Waals surface area contributed by atoms with E-state index in [0.29, 0.717) is 35.3 Å². The number of amides is 1. The lowest BCUT2D eigenvalue weighted by Crippen LogP contribution is -2.37. The van der Waals surface area contributed by atoms with Gasteiger partial charge in [0, 0.05) is 53.4 Å². The van der Waals surface area contributed by atoms with E-state index < -0.39 is 5.82 Å². The molecule has 1 aliphatic heterocycles. The fourth-order valence-electron chi connectivity index (χ4n) is 5.74. The second-order valence-corrected chi connectivity index (χ2v) is 10.3. The first-order valence-corrected chi connectivity index (χ1v) is 13.3. The van der Waals surface area contributed by atoms with Crippen LogP contribution in [0.4, 0.5) is 4.39 Å². The van der Waals surface area contributed by atoms with Crippen molar-refractivity contribution in [1.29, 1.82) is 0 Å². The molecule has 0 atom stereocenters. The smallest absolute Gasteiger partial charge is 0.272 e. The van der Waals surface area contributed by atoms with Crippen LogP contribution in [0.3, 0.4) is 0 Å². The third kappa shape index (κ3) is 4.86. The molecule has 2 aromatic carbocycles. The molecule has 38 heavy (non-hydrogen) atoms. The number of nitrogens with one attached hydrogen (secondary N) is 2. The summed E-state index contributed by atoms with van der Waals surface area (Å²) in [5, 5.41) is 16.0. The summed E-state index contributed by atoms with van der Waals surface area (Å²) in [6, 6.07) is 12.4. The number of H-pyrrole nitrogens is 1. The lowest BCUT2D eigenvalue weighted by atomic mass is 9.82. The van der Waals surface area contributed by atoms with Gasteiger partial charge in [0.1, 0.15) is 5.82 Å². The van der Waals surface area contributed by atoms with Crippen molar-refractivity contribution in [3.63, 3.8) is 0 Å². The molecule has 3 heterocycles. The van der Waals surface area contributed by atoms with Crippen molar-refractivity contribution in [2.75, 3.05) is 13.2 Å². The summed E-state index contributed by atoms with van der Waals surface area (Å²) >= 11 is 0. The van der Waals surface area contributed by atoms with E-state index in [4.69, 9.17) is 4.74 Å². The summed E-state index contributed by atoms with van der Waals surface area (Å²) < 4.78 is 22.4. The zero-order chi connectivity index (χ0) is 26.1. The number of aromatic amines is 1. The van der Waals surface area contributed by atoms with Gasteiger partial charge in [0.2, 0.25) is 0 Å². The first kappa shape index (κ1) is 24.5. The Morgan fingerprint density at radius 2 is 1.79 bits per heavy atom. The topological polar surface area (TPSA) is 102 Å². The van der Waals surface area contributed by atoms with E-state index in [-0.39, 0.29) is 29.5 Å². The van der Waals surface area contributed by atoms with Crippen LogP contribution in [-0.2, 0) is 4.74 Å². The number of hydrogen-bond acceptors (Lipinski definition) is 5. The maximum Gasteiger partial charge on any atom is 0.272 e. The molecule has 1 amide bonds. The van der Waals surface area contributed by atoms with E-state index in [9.17, 15) is 9.59 Å². The van der Waals surface area contributed by atoms with E-state index >= 15 is 4.39 Å². The third-order valence-electron chi connectivity index (χ3n) is 7.88. The number of rotatable bonds is 5. The fraction of sp³-hybridized carbons (Fsp3) is 0.379. The van der Waals surface area contributed by atoms with Crippen LogP contribution in [0, 0.1) is 5.82 Å². The van der Waals surface area contributed by atoms with Crippen molar-refractivity contribution < 1.29 is 13.9 Å². The van der Waals surface area contributed by atoms with Crippen LogP contribution in [-0.4, -0.2) is 45.1 Å². The average Bonchev–Trinajstić information content (AvgIpc) is 3.44. The molecule has 196 valence electrons. The Hall–Kier alpha value is -3.85. The monoisotopic (exact) mass is 515 g/mol. The Morgan fingerprint density at radius 3 is 2.55 bits per heavy atom. The highest BCUT2D eigenvalue weighted by atomic mass is 19.1. The average molecular weight is 516 g/mol. The van der Waals surface area contributed by atoms with E-state index in [1.54, 1.807) is 18.3 Å². The van der Waals surface area contributed by atoms with Crippen molar-refractivity contribution in [2.45, 2.75) is 56.5 Å². The Balaban J connectivity index is 1.09. The normalized spacial score (nSPS) is 20.4. The molecule has 2 N–H and O–H groups in total. The van der Waals surface area contributed by atoms with Crippen molar-refractivity contribution in [2.24, 2.45) is 0 Å². The third-order valence-corrected chi connectivity index (χ3v) is 7.88. The summed E-state index contributed by atoms with van der Waals surface area (Å²) in [5.74, 6) is -0.503. The molecular formula is C29H30FN5O3. The lowest BCUT2D eigenvalue weighted by Gasteiger charge is -2.29. The minimum absolute atomic E-state index is 0.00761. The minimum atomic E-state index is -0.441. The zero-order valence-corrected chi connectivity index (χ0v) is 21.0. The summed E-state index contributed by atoms with van der Waals surface area (Å²) in [4.78, 5) is 25.0. The Kier molecular flexibility index (Phi) is 6.76. The van der Waals surface area contributed by atoms with Crippen molar-refractivity contribution in [3.05, 3.63) is 82.3 Å². The fourth-order valence-corrected chi connectivity index (χ4v) is 5.74. The van der Waals surface area contributed by atoms with Gasteiger partial charge in [0.05, 0.1) is 23.3 Å². The van der Waals surface area contributed by atoms with E-state index in [1.165, 1.54) is 6.07 Å². The highest BCUT2D eigenvalue weighted by Crippen LogP contribution is 2.34. The molecular weight excluding hydrogens is 485 g/mol. The van der Waals surface area contributed by atoms with E-state index in [0.717, 1.165) is 49.6 Å². The molecule has 1 saturated carbocycles. The first-order valence-electron chi connectivity index (χ1n) is 13.3. The predicted molar refractivity (Wildman–Crippen MR) is 142 cm³/mol. The van der Waals surface area contributed by atoms with Gasteiger partial charge in [-0.2, -0.15) is 10.2 Å². The quantitative estimate of drug-likeness (QED) is 0.400. The molecule has 2 aliphatic rings. The first-order chi connectivity index (χ1) is 18.6. The molecule has 1 saturated heterocycles. The maximum atomic E-state index is 15.1. The summed E-state index contributed by atoms with van der Waals surface area (Å²) in [6.07, 6.45) is 8.59. The number of halogens is 1. The van der Waals surface area contributed by atoms with Crippen LogP contribution < -0.4 is 10.9 Å². The summed E-state index contributed by atoms with van der Waals surface area (Å²) in [6.45, 7) is 1.42. The molecule has 0 spiro atoms. The molecule has 0 radical (unpaired) electrons. The Labute approximate surface area is 219 Å². The number of hydrogen-bond donors (Lipinski definition) is 2. The standard InChI is InChI=1S/C29H30FN5O3/c30-26-15-19(7-10-23(26)20-16-31-35(17-20)22-11-13-38-14-12-22)28(36)32-21-8-5-18(6-9-21)27-24-3-1-2-4-25(24)29(37)34-33-27/h1-4,7,10,15-18,21-22H,5-6,8-9,11-14H2,(H,32,36)(H,34,37)/t18-,21-. The van der Waals surface area contributed by atoms with Gasteiger partial charge in [-0.15, -0.1) is 0 Å². The number of carbonyl (C=O) groups is 1. The summed E-state index contributed by atoms with van der Waals surface area (Å²) in [5.41, 5.74) is 2.15. The highest BCUT2D eigenvalue weighted by Gasteiger charge is 2.27. The van der Waals surface area contributed by atoms with E-state index in [2.05, 4.69) is 20.6 Å². The van der Waals surface area contributed by atoms with Gasteiger partial charge in [-0.1, -0.05) is 24.3 Å². The number of aromatic nitrogens is 4. The molecule has 2 aromatic heterocycles. The highest BCUT2D eigenvalue weighted by molar-refractivity contribution is 5.95. The van der Waals surface area contributed by atoms with Crippen molar-refractivity contribution in [1.82, 2.24) is 25.3 Å². The van der Waals surface area contributed by atoms with Gasteiger partial charge in [0.25, 0.3) is 11.5 Å². The number of carbonyl (C=O) groups excluding carboxylic acids is 1. The van der Waals surface area contributed by atoms with Crippen LogP contribution in [0.15, 0.2) is 59.7 Å². The second kappa shape index (κ2) is 10.5. The molecule has 4 aromatic rings. The Bertz CT molecular complexity index is 1520. The van der Waals surface area contributed by atoms with Crippen LogP contribution in [0.5, 0.6) is 0 Å². The van der Waals surface area contributed by atoms with Crippen LogP contribution in [0.25, 0.3) is 21.9 Å².